The molecule has 0 spiro atoms. The third-order valence-electron chi connectivity index (χ3n) is 10.2. The Kier molecular flexibility index (Phi) is 7.13. The molecule has 0 amide bonds. The molecule has 8 heteroatoms. The van der Waals surface area contributed by atoms with E-state index in [1.54, 1.807) is 0 Å². The Hall–Kier alpha value is -5.24. The van der Waals surface area contributed by atoms with Gasteiger partial charge in [-0.2, -0.15) is 26.3 Å². The van der Waals surface area contributed by atoms with Gasteiger partial charge in [0.1, 0.15) is 0 Å². The molecule has 50 heavy (non-hydrogen) atoms. The van der Waals surface area contributed by atoms with Gasteiger partial charge in [0.25, 0.3) is 0 Å². The van der Waals surface area contributed by atoms with Crippen LogP contribution >= 0.6 is 0 Å². The summed E-state index contributed by atoms with van der Waals surface area (Å²) >= 11 is 0. The summed E-state index contributed by atoms with van der Waals surface area (Å²) < 4.78 is 95.1. The van der Waals surface area contributed by atoms with Gasteiger partial charge in [0.15, 0.2) is 0 Å². The van der Waals surface area contributed by atoms with E-state index in [-0.39, 0.29) is 0 Å². The minimum Gasteiger partial charge on any atom is -0.310 e. The molecule has 1 aliphatic rings. The zero-order valence-electron chi connectivity index (χ0n) is 27.5. The molecule has 0 N–H and O–H groups in total. The van der Waals surface area contributed by atoms with Crippen molar-refractivity contribution in [3.8, 4) is 11.4 Å². The van der Waals surface area contributed by atoms with Crippen molar-refractivity contribution in [1.29, 1.82) is 0 Å². The van der Waals surface area contributed by atoms with Crippen LogP contribution in [-0.2, 0) is 11.8 Å². The molecular weight excluding hydrogens is 646 g/mol. The summed E-state index contributed by atoms with van der Waals surface area (Å²) in [6, 6.07) is 28.7. The first-order valence-electron chi connectivity index (χ1n) is 16.5. The van der Waals surface area contributed by atoms with Crippen molar-refractivity contribution >= 4 is 38.8 Å². The number of para-hydroxylation sites is 1. The predicted octanol–water partition coefficient (Wildman–Crippen LogP) is 12.0. The molecular formula is C42H32F6N2. The summed E-state index contributed by atoms with van der Waals surface area (Å²) in [5.41, 5.74) is 1.42. The molecule has 0 radical (unpaired) electrons. The summed E-state index contributed by atoms with van der Waals surface area (Å²) in [4.78, 5) is 0. The number of nitrogens with zero attached hydrogens (tertiary/aromatic N) is 2. The van der Waals surface area contributed by atoms with Crippen molar-refractivity contribution in [3.05, 3.63) is 149 Å². The average molecular weight is 679 g/mol. The standard InChI is InChI=1S/C42H32F6N2/c1-25-8-19-37-33(22-25)32-6-4-5-7-36(32)49(37)30-15-11-28(12-16-30)40(41(43,44)45,42(46,47)48)29-13-17-31(18-14-29)50-38-20-9-26(2)23-34(38)35-24-27(3)10-21-39(35)50/h4-23,27H,24H2,1-3H3. The van der Waals surface area contributed by atoms with Crippen LogP contribution in [0.1, 0.15) is 40.4 Å². The Morgan fingerprint density at radius 1 is 0.560 bits per heavy atom. The van der Waals surface area contributed by atoms with E-state index in [0.29, 0.717) is 17.3 Å². The third-order valence-corrected chi connectivity index (χ3v) is 10.2. The Balaban J connectivity index is 1.28. The molecule has 5 aromatic carbocycles. The van der Waals surface area contributed by atoms with Crippen molar-refractivity contribution in [2.24, 2.45) is 5.92 Å². The Bertz CT molecular complexity index is 2440. The number of halogens is 6. The normalized spacial score (nSPS) is 15.3. The lowest BCUT2D eigenvalue weighted by Crippen LogP contribution is -2.54. The first-order chi connectivity index (χ1) is 23.8. The predicted molar refractivity (Wildman–Crippen MR) is 188 cm³/mol. The first-order valence-corrected chi connectivity index (χ1v) is 16.5. The number of aromatic nitrogens is 2. The number of alkyl halides is 6. The Morgan fingerprint density at radius 3 is 1.64 bits per heavy atom. The van der Waals surface area contributed by atoms with Crippen LogP contribution < -0.4 is 0 Å². The van der Waals surface area contributed by atoms with Gasteiger partial charge in [0.2, 0.25) is 5.41 Å². The smallest absolute Gasteiger partial charge is 0.310 e. The fraction of sp³-hybridized carbons (Fsp3) is 0.190. The Labute approximate surface area is 284 Å². The fourth-order valence-corrected chi connectivity index (χ4v) is 7.87. The fourth-order valence-electron chi connectivity index (χ4n) is 7.87. The molecule has 0 saturated heterocycles. The van der Waals surface area contributed by atoms with E-state index in [0.717, 1.165) is 85.8 Å². The maximum absolute atomic E-state index is 15.2. The maximum atomic E-state index is 15.2. The molecule has 1 aliphatic carbocycles. The molecule has 0 fully saturated rings. The number of allylic oxidation sites excluding steroid dienone is 1. The van der Waals surface area contributed by atoms with Crippen molar-refractivity contribution < 1.29 is 26.3 Å². The van der Waals surface area contributed by atoms with Crippen LogP contribution in [0.2, 0.25) is 0 Å². The van der Waals surface area contributed by atoms with Gasteiger partial charge < -0.3 is 9.13 Å². The minimum absolute atomic E-state index is 0.300. The lowest BCUT2D eigenvalue weighted by molar-refractivity contribution is -0.288. The number of hydrogen-bond acceptors (Lipinski definition) is 0. The number of hydrogen-bond donors (Lipinski definition) is 0. The number of fused-ring (bicyclic) bond motifs is 6. The second kappa shape index (κ2) is 11.1. The highest BCUT2D eigenvalue weighted by atomic mass is 19.4. The van der Waals surface area contributed by atoms with E-state index < -0.39 is 28.9 Å². The maximum Gasteiger partial charge on any atom is 0.411 e. The Morgan fingerprint density at radius 2 is 1.06 bits per heavy atom. The first kappa shape index (κ1) is 32.0. The molecule has 8 rings (SSSR count). The molecule has 7 aromatic rings. The molecule has 2 heterocycles. The molecule has 2 aromatic heterocycles. The molecule has 1 atom stereocenters. The van der Waals surface area contributed by atoms with Crippen LogP contribution in [0.15, 0.2) is 115 Å². The van der Waals surface area contributed by atoms with E-state index in [9.17, 15) is 0 Å². The minimum atomic E-state index is -5.70. The monoisotopic (exact) mass is 678 g/mol. The van der Waals surface area contributed by atoms with E-state index in [4.69, 9.17) is 0 Å². The van der Waals surface area contributed by atoms with Gasteiger partial charge in [-0.1, -0.05) is 78.7 Å². The van der Waals surface area contributed by atoms with Crippen LogP contribution in [0.3, 0.4) is 0 Å². The van der Waals surface area contributed by atoms with Crippen molar-refractivity contribution in [1.82, 2.24) is 9.13 Å². The summed E-state index contributed by atoms with van der Waals surface area (Å²) in [6.07, 6.45) is -6.56. The topological polar surface area (TPSA) is 9.86 Å². The number of benzene rings is 5. The molecule has 0 bridgehead atoms. The zero-order valence-corrected chi connectivity index (χ0v) is 27.5. The second-order valence-electron chi connectivity index (χ2n) is 13.5. The van der Waals surface area contributed by atoms with Crippen molar-refractivity contribution in [3.63, 3.8) is 0 Å². The highest BCUT2D eigenvalue weighted by Crippen LogP contribution is 2.56. The van der Waals surface area contributed by atoms with Gasteiger partial charge in [0.05, 0.1) is 16.6 Å². The molecule has 2 nitrogen and oxygen atoms in total. The van der Waals surface area contributed by atoms with Gasteiger partial charge in [-0.25, -0.2) is 0 Å². The molecule has 252 valence electrons. The average Bonchev–Trinajstić information content (AvgIpc) is 3.56. The van der Waals surface area contributed by atoms with Gasteiger partial charge in [-0.15, -0.1) is 0 Å². The second-order valence-corrected chi connectivity index (χ2v) is 13.5. The van der Waals surface area contributed by atoms with Crippen molar-refractivity contribution in [2.75, 3.05) is 0 Å². The summed E-state index contributed by atoms with van der Waals surface area (Å²) in [6.45, 7) is 6.06. The highest BCUT2D eigenvalue weighted by Gasteiger charge is 2.72. The van der Waals surface area contributed by atoms with Gasteiger partial charge in [-0.3, -0.25) is 0 Å². The van der Waals surface area contributed by atoms with Crippen LogP contribution in [0.4, 0.5) is 26.3 Å². The molecule has 1 unspecified atom stereocenters. The van der Waals surface area contributed by atoms with Crippen LogP contribution in [0.25, 0.3) is 50.2 Å². The van der Waals surface area contributed by atoms with Gasteiger partial charge in [0, 0.05) is 33.2 Å². The van der Waals surface area contributed by atoms with Gasteiger partial charge in [-0.05, 0) is 104 Å². The highest BCUT2D eigenvalue weighted by molar-refractivity contribution is 6.09. The van der Waals surface area contributed by atoms with E-state index >= 15 is 26.3 Å². The quantitative estimate of drug-likeness (QED) is 0.164. The SMILES string of the molecule is Cc1ccc2c(c1)c1c(n2-c2ccc(C(c3ccc(-n4c5ccccc5c5cc(C)ccc54)cc3)(C(F)(F)F)C(F)(F)F)cc2)C=CC(C)C1. The number of aryl methyl sites for hydroxylation is 2. The lowest BCUT2D eigenvalue weighted by atomic mass is 9.73. The van der Waals surface area contributed by atoms with E-state index in [1.807, 2.05) is 83.7 Å². The zero-order chi connectivity index (χ0) is 35.2. The lowest BCUT2D eigenvalue weighted by Gasteiger charge is -2.38. The molecule has 0 saturated carbocycles. The number of rotatable bonds is 4. The van der Waals surface area contributed by atoms with E-state index in [1.165, 1.54) is 24.3 Å². The van der Waals surface area contributed by atoms with Crippen LogP contribution in [-0.4, -0.2) is 21.5 Å². The molecule has 0 aliphatic heterocycles. The van der Waals surface area contributed by atoms with E-state index in [2.05, 4.69) is 19.1 Å². The summed E-state index contributed by atoms with van der Waals surface area (Å²) in [7, 11) is 0. The van der Waals surface area contributed by atoms with Crippen LogP contribution in [0.5, 0.6) is 0 Å². The summed E-state index contributed by atoms with van der Waals surface area (Å²) in [5.74, 6) is 0.300. The van der Waals surface area contributed by atoms with Crippen molar-refractivity contribution in [2.45, 2.75) is 45.0 Å². The van der Waals surface area contributed by atoms with Gasteiger partial charge >= 0.3 is 12.4 Å². The third kappa shape index (κ3) is 4.64. The summed E-state index contributed by atoms with van der Waals surface area (Å²) in [5, 5.41) is 2.91. The largest absolute Gasteiger partial charge is 0.411 e. The van der Waals surface area contributed by atoms with Crippen LogP contribution in [0, 0.1) is 19.8 Å².